The third-order valence-electron chi connectivity index (χ3n) is 3.52. The minimum atomic E-state index is -1.16. The van der Waals surface area contributed by atoms with E-state index in [2.05, 4.69) is 4.98 Å². The number of nitrogens with zero attached hydrogens (tertiary/aromatic N) is 2. The molecule has 124 valence electrons. The average Bonchev–Trinajstić information content (AvgIpc) is 3.12. The molecule has 0 saturated carbocycles. The van der Waals surface area contributed by atoms with E-state index in [9.17, 15) is 5.11 Å². The van der Waals surface area contributed by atoms with Crippen LogP contribution in [-0.4, -0.2) is 28.9 Å². The van der Waals surface area contributed by atoms with Crippen LogP contribution in [0.3, 0.4) is 0 Å². The van der Waals surface area contributed by atoms with E-state index in [0.29, 0.717) is 22.9 Å². The number of aromatic nitrogens is 2. The lowest BCUT2D eigenvalue weighted by atomic mass is 10.1. The SMILES string of the molecule is COc1ccc(-c2cn(C(O)Oc3ccccc3)cn2)cc1OC. The molecule has 6 heteroatoms. The van der Waals surface area contributed by atoms with Gasteiger partial charge in [-0.05, 0) is 30.3 Å². The van der Waals surface area contributed by atoms with Gasteiger partial charge in [0.1, 0.15) is 12.1 Å². The summed E-state index contributed by atoms with van der Waals surface area (Å²) in [4.78, 5) is 4.31. The number of hydrogen-bond acceptors (Lipinski definition) is 5. The lowest BCUT2D eigenvalue weighted by Gasteiger charge is -2.13. The number of methoxy groups -OCH3 is 2. The first kappa shape index (κ1) is 15.9. The Labute approximate surface area is 139 Å². The van der Waals surface area contributed by atoms with E-state index in [1.165, 1.54) is 10.9 Å². The molecular weight excluding hydrogens is 308 g/mol. The van der Waals surface area contributed by atoms with Crippen LogP contribution in [0.25, 0.3) is 11.3 Å². The number of aliphatic hydroxyl groups is 1. The second-order valence-electron chi connectivity index (χ2n) is 5.03. The van der Waals surface area contributed by atoms with Gasteiger partial charge in [-0.15, -0.1) is 0 Å². The van der Waals surface area contributed by atoms with E-state index in [4.69, 9.17) is 14.2 Å². The summed E-state index contributed by atoms with van der Waals surface area (Å²) in [6, 6.07) is 14.6. The number of benzene rings is 2. The van der Waals surface area contributed by atoms with Crippen LogP contribution in [0, 0.1) is 0 Å². The second kappa shape index (κ2) is 7.06. The van der Waals surface area contributed by atoms with Crippen molar-refractivity contribution in [1.82, 2.24) is 9.55 Å². The number of ether oxygens (including phenoxy) is 3. The van der Waals surface area contributed by atoms with Crippen LogP contribution < -0.4 is 14.2 Å². The monoisotopic (exact) mass is 326 g/mol. The van der Waals surface area contributed by atoms with Gasteiger partial charge in [0.2, 0.25) is 0 Å². The highest BCUT2D eigenvalue weighted by Gasteiger charge is 2.12. The van der Waals surface area contributed by atoms with Crippen molar-refractivity contribution in [1.29, 1.82) is 0 Å². The molecule has 1 unspecified atom stereocenters. The van der Waals surface area contributed by atoms with Gasteiger partial charge in [0, 0.05) is 11.8 Å². The number of hydrogen-bond donors (Lipinski definition) is 1. The molecular formula is C18H18N2O4. The summed E-state index contributed by atoms with van der Waals surface area (Å²) < 4.78 is 17.5. The van der Waals surface area contributed by atoms with E-state index in [-0.39, 0.29) is 0 Å². The molecule has 0 radical (unpaired) electrons. The summed E-state index contributed by atoms with van der Waals surface area (Å²) in [7, 11) is 3.17. The molecule has 0 amide bonds. The molecule has 0 bridgehead atoms. The minimum absolute atomic E-state index is 0.575. The van der Waals surface area contributed by atoms with Crippen molar-refractivity contribution < 1.29 is 19.3 Å². The Kier molecular flexibility index (Phi) is 4.67. The number of para-hydroxylation sites is 1. The molecule has 0 aliphatic rings. The predicted octanol–water partition coefficient (Wildman–Crippen LogP) is 3.09. The topological polar surface area (TPSA) is 65.7 Å². The van der Waals surface area contributed by atoms with Gasteiger partial charge in [-0.25, -0.2) is 4.98 Å². The summed E-state index contributed by atoms with van der Waals surface area (Å²) in [5, 5.41) is 10.2. The zero-order valence-electron chi connectivity index (χ0n) is 13.4. The fourth-order valence-electron chi connectivity index (χ4n) is 2.28. The van der Waals surface area contributed by atoms with Gasteiger partial charge in [-0.3, -0.25) is 4.57 Å². The molecule has 1 aromatic heterocycles. The standard InChI is InChI=1S/C18H18N2O4/c1-22-16-9-8-13(10-17(16)23-2)15-11-20(12-19-15)18(21)24-14-6-4-3-5-7-14/h3-12,18,21H,1-2H3. The molecule has 0 spiro atoms. The molecule has 0 aliphatic carbocycles. The van der Waals surface area contributed by atoms with Crippen LogP contribution >= 0.6 is 0 Å². The van der Waals surface area contributed by atoms with Gasteiger partial charge in [-0.1, -0.05) is 18.2 Å². The van der Waals surface area contributed by atoms with Crippen molar-refractivity contribution in [2.24, 2.45) is 0 Å². The maximum atomic E-state index is 10.2. The Morgan fingerprint density at radius 3 is 2.46 bits per heavy atom. The van der Waals surface area contributed by atoms with Crippen molar-refractivity contribution in [2.75, 3.05) is 14.2 Å². The molecule has 0 fully saturated rings. The third kappa shape index (κ3) is 3.33. The highest BCUT2D eigenvalue weighted by atomic mass is 16.6. The molecule has 3 rings (SSSR count). The van der Waals surface area contributed by atoms with Crippen molar-refractivity contribution in [2.45, 2.75) is 6.41 Å². The first-order valence-corrected chi connectivity index (χ1v) is 7.37. The first-order valence-electron chi connectivity index (χ1n) is 7.37. The highest BCUT2D eigenvalue weighted by molar-refractivity contribution is 5.63. The molecule has 0 saturated heterocycles. The van der Waals surface area contributed by atoms with Gasteiger partial charge in [0.25, 0.3) is 6.41 Å². The maximum absolute atomic E-state index is 10.2. The van der Waals surface area contributed by atoms with E-state index < -0.39 is 6.41 Å². The van der Waals surface area contributed by atoms with Crippen LogP contribution in [0.1, 0.15) is 6.41 Å². The molecule has 6 nitrogen and oxygen atoms in total. The zero-order chi connectivity index (χ0) is 16.9. The molecule has 0 aliphatic heterocycles. The Balaban J connectivity index is 1.80. The Morgan fingerprint density at radius 1 is 1.00 bits per heavy atom. The van der Waals surface area contributed by atoms with Gasteiger partial charge >= 0.3 is 0 Å². The summed E-state index contributed by atoms with van der Waals surface area (Å²) in [5.41, 5.74) is 1.53. The summed E-state index contributed by atoms with van der Waals surface area (Å²) in [6.45, 7) is 0. The smallest absolute Gasteiger partial charge is 0.286 e. The molecule has 1 N–H and O–H groups in total. The maximum Gasteiger partial charge on any atom is 0.286 e. The largest absolute Gasteiger partial charge is 0.493 e. The van der Waals surface area contributed by atoms with E-state index in [0.717, 1.165) is 5.56 Å². The zero-order valence-corrected chi connectivity index (χ0v) is 13.4. The molecule has 1 heterocycles. The van der Waals surface area contributed by atoms with Crippen LogP contribution in [0.5, 0.6) is 17.2 Å². The van der Waals surface area contributed by atoms with E-state index >= 15 is 0 Å². The van der Waals surface area contributed by atoms with Gasteiger partial charge in [0.15, 0.2) is 11.5 Å². The fraction of sp³-hybridized carbons (Fsp3) is 0.167. The van der Waals surface area contributed by atoms with Crippen molar-refractivity contribution in [3.63, 3.8) is 0 Å². The lowest BCUT2D eigenvalue weighted by Crippen LogP contribution is -2.13. The Bertz CT molecular complexity index is 802. The molecule has 1 atom stereocenters. The summed E-state index contributed by atoms with van der Waals surface area (Å²) in [6.07, 6.45) is 2.06. The van der Waals surface area contributed by atoms with E-state index in [1.807, 2.05) is 36.4 Å². The number of rotatable bonds is 6. The summed E-state index contributed by atoms with van der Waals surface area (Å²) >= 11 is 0. The van der Waals surface area contributed by atoms with Gasteiger partial charge < -0.3 is 19.3 Å². The summed E-state index contributed by atoms with van der Waals surface area (Å²) in [5.74, 6) is 1.84. The second-order valence-corrected chi connectivity index (χ2v) is 5.03. The van der Waals surface area contributed by atoms with Crippen LogP contribution in [0.4, 0.5) is 0 Å². The average molecular weight is 326 g/mol. The normalized spacial score (nSPS) is 11.8. The Hall–Kier alpha value is -2.99. The molecule has 2 aromatic carbocycles. The van der Waals surface area contributed by atoms with Crippen LogP contribution in [0.15, 0.2) is 61.1 Å². The van der Waals surface area contributed by atoms with Crippen LogP contribution in [0.2, 0.25) is 0 Å². The van der Waals surface area contributed by atoms with Crippen molar-refractivity contribution in [3.05, 3.63) is 61.1 Å². The van der Waals surface area contributed by atoms with Crippen molar-refractivity contribution >= 4 is 0 Å². The van der Waals surface area contributed by atoms with Crippen molar-refractivity contribution in [3.8, 4) is 28.5 Å². The third-order valence-corrected chi connectivity index (χ3v) is 3.52. The Morgan fingerprint density at radius 2 is 1.75 bits per heavy atom. The minimum Gasteiger partial charge on any atom is -0.493 e. The predicted molar refractivity (Wildman–Crippen MR) is 89.1 cm³/mol. The van der Waals surface area contributed by atoms with Crippen LogP contribution in [-0.2, 0) is 0 Å². The fourth-order valence-corrected chi connectivity index (χ4v) is 2.28. The lowest BCUT2D eigenvalue weighted by molar-refractivity contribution is -0.0793. The molecule has 3 aromatic rings. The van der Waals surface area contributed by atoms with Gasteiger partial charge in [-0.2, -0.15) is 0 Å². The first-order chi connectivity index (χ1) is 11.7. The number of imidazole rings is 1. The number of aliphatic hydroxyl groups excluding tert-OH is 1. The van der Waals surface area contributed by atoms with E-state index in [1.54, 1.807) is 32.5 Å². The quantitative estimate of drug-likeness (QED) is 0.705. The highest BCUT2D eigenvalue weighted by Crippen LogP contribution is 2.31. The van der Waals surface area contributed by atoms with Gasteiger partial charge in [0.05, 0.1) is 19.9 Å². The molecule has 24 heavy (non-hydrogen) atoms.